The number of ether oxygens (including phenoxy) is 3. The number of hydrogen-bond acceptors (Lipinski definition) is 6. The molecule has 3 rings (SSSR count). The van der Waals surface area contributed by atoms with Crippen molar-refractivity contribution in [1.29, 1.82) is 0 Å². The van der Waals surface area contributed by atoms with E-state index in [1.54, 1.807) is 20.8 Å². The summed E-state index contributed by atoms with van der Waals surface area (Å²) in [7, 11) is 0. The molecule has 29 heavy (non-hydrogen) atoms. The Morgan fingerprint density at radius 2 is 1.97 bits per heavy atom. The molecule has 1 aromatic carbocycles. The minimum atomic E-state index is -0.858. The van der Waals surface area contributed by atoms with Crippen molar-refractivity contribution in [3.05, 3.63) is 35.9 Å². The molecule has 2 fully saturated rings. The van der Waals surface area contributed by atoms with Crippen LogP contribution in [0.15, 0.2) is 30.3 Å². The summed E-state index contributed by atoms with van der Waals surface area (Å²) in [6.07, 6.45) is -0.0773. The molecular weight excluding hydrogens is 376 g/mol. The van der Waals surface area contributed by atoms with Gasteiger partial charge in [-0.15, -0.1) is 0 Å². The maximum Gasteiger partial charge on any atom is 0.410 e. The quantitative estimate of drug-likeness (QED) is 0.757. The molecule has 2 aliphatic rings. The van der Waals surface area contributed by atoms with Crippen molar-refractivity contribution >= 4 is 18.0 Å². The van der Waals surface area contributed by atoms with Gasteiger partial charge in [0.2, 0.25) is 12.2 Å². The molecule has 3 atom stereocenters. The molecular formula is C21H28N2O6. The third kappa shape index (κ3) is 5.69. The molecule has 0 spiro atoms. The van der Waals surface area contributed by atoms with Gasteiger partial charge in [0.15, 0.2) is 0 Å². The number of benzene rings is 1. The maximum atomic E-state index is 12.8. The Hall–Kier alpha value is -2.61. The van der Waals surface area contributed by atoms with E-state index < -0.39 is 36.0 Å². The first-order chi connectivity index (χ1) is 13.7. The zero-order valence-corrected chi connectivity index (χ0v) is 17.1. The molecule has 8 heteroatoms. The lowest BCUT2D eigenvalue weighted by Gasteiger charge is -2.29. The Morgan fingerprint density at radius 3 is 2.66 bits per heavy atom. The summed E-state index contributed by atoms with van der Waals surface area (Å²) in [5.74, 6) is -0.756. The van der Waals surface area contributed by atoms with Crippen LogP contribution in [0.1, 0.15) is 45.6 Å². The second-order valence-corrected chi connectivity index (χ2v) is 8.31. The molecule has 0 radical (unpaired) electrons. The molecule has 2 aliphatic heterocycles. The van der Waals surface area contributed by atoms with Crippen molar-refractivity contribution in [2.45, 2.75) is 70.6 Å². The zero-order valence-electron chi connectivity index (χ0n) is 17.1. The van der Waals surface area contributed by atoms with Gasteiger partial charge in [0, 0.05) is 6.54 Å². The second-order valence-electron chi connectivity index (χ2n) is 8.31. The lowest BCUT2D eigenvalue weighted by molar-refractivity contribution is -0.168. The molecule has 2 amide bonds. The van der Waals surface area contributed by atoms with Gasteiger partial charge in [0.1, 0.15) is 17.7 Å². The van der Waals surface area contributed by atoms with Crippen LogP contribution >= 0.6 is 0 Å². The number of nitrogens with zero attached hydrogens (tertiary/aromatic N) is 1. The fraction of sp³-hybridized carbons (Fsp3) is 0.571. The standard InChI is InChI=1S/C21H28N2O6/c1-21(2,3)29-20(26)23-11-7-10-16(23)18(25)22-15-12-17(24)28-19(15)27-13-14-8-5-4-6-9-14/h4-6,8-9,15-16,19H,7,10-13H2,1-3H3,(H,22,25)/t15?,16-,19?/m0/s1. The summed E-state index contributed by atoms with van der Waals surface area (Å²) in [4.78, 5) is 38.4. The number of hydrogen-bond donors (Lipinski definition) is 1. The van der Waals surface area contributed by atoms with Gasteiger partial charge in [0.05, 0.1) is 13.0 Å². The number of carbonyl (C=O) groups is 3. The van der Waals surface area contributed by atoms with Gasteiger partial charge in [-0.1, -0.05) is 30.3 Å². The maximum absolute atomic E-state index is 12.8. The minimum Gasteiger partial charge on any atom is -0.444 e. The highest BCUT2D eigenvalue weighted by atomic mass is 16.7. The smallest absolute Gasteiger partial charge is 0.410 e. The summed E-state index contributed by atoms with van der Waals surface area (Å²) in [6, 6.07) is 8.27. The predicted molar refractivity (Wildman–Crippen MR) is 104 cm³/mol. The molecule has 0 bridgehead atoms. The van der Waals surface area contributed by atoms with Crippen molar-refractivity contribution in [3.8, 4) is 0 Å². The Balaban J connectivity index is 1.58. The lowest BCUT2D eigenvalue weighted by atomic mass is 10.1. The van der Waals surface area contributed by atoms with Crippen LogP contribution in [0, 0.1) is 0 Å². The van der Waals surface area contributed by atoms with Crippen LogP contribution in [-0.4, -0.2) is 53.4 Å². The third-order valence-electron chi connectivity index (χ3n) is 4.73. The number of esters is 1. The fourth-order valence-electron chi connectivity index (χ4n) is 3.41. The van der Waals surface area contributed by atoms with Gasteiger partial charge in [-0.2, -0.15) is 0 Å². The SMILES string of the molecule is CC(C)(C)OC(=O)N1CCC[C@H]1C(=O)NC1CC(=O)OC1OCc1ccccc1. The van der Waals surface area contributed by atoms with E-state index >= 15 is 0 Å². The summed E-state index contributed by atoms with van der Waals surface area (Å²) in [5, 5.41) is 2.83. The highest BCUT2D eigenvalue weighted by Crippen LogP contribution is 2.23. The summed E-state index contributed by atoms with van der Waals surface area (Å²) in [5.41, 5.74) is 0.301. The number of cyclic esters (lactones) is 1. The number of nitrogens with one attached hydrogen (secondary N) is 1. The normalized spacial score (nSPS) is 24.3. The average Bonchev–Trinajstić information content (AvgIpc) is 3.26. The first kappa shape index (κ1) is 21.1. The predicted octanol–water partition coefficient (Wildman–Crippen LogP) is 2.36. The molecule has 0 aliphatic carbocycles. The van der Waals surface area contributed by atoms with E-state index in [2.05, 4.69) is 5.32 Å². The minimum absolute atomic E-state index is 0.0321. The van der Waals surface area contributed by atoms with Crippen LogP contribution in [0.4, 0.5) is 4.79 Å². The number of amides is 2. The van der Waals surface area contributed by atoms with Crippen LogP contribution in [0.2, 0.25) is 0 Å². The largest absolute Gasteiger partial charge is 0.444 e. The lowest BCUT2D eigenvalue weighted by Crippen LogP contribution is -2.51. The third-order valence-corrected chi connectivity index (χ3v) is 4.73. The Kier molecular flexibility index (Phi) is 6.42. The van der Waals surface area contributed by atoms with Crippen LogP contribution in [-0.2, 0) is 30.4 Å². The van der Waals surface area contributed by atoms with E-state index in [4.69, 9.17) is 14.2 Å². The first-order valence-electron chi connectivity index (χ1n) is 9.88. The van der Waals surface area contributed by atoms with Crippen LogP contribution in [0.5, 0.6) is 0 Å². The van der Waals surface area contributed by atoms with Gasteiger partial charge in [-0.25, -0.2) is 4.79 Å². The van der Waals surface area contributed by atoms with E-state index in [0.29, 0.717) is 19.4 Å². The van der Waals surface area contributed by atoms with Crippen molar-refractivity contribution in [3.63, 3.8) is 0 Å². The molecule has 0 aromatic heterocycles. The van der Waals surface area contributed by atoms with Crippen LogP contribution < -0.4 is 5.32 Å². The zero-order chi connectivity index (χ0) is 21.0. The van der Waals surface area contributed by atoms with E-state index in [9.17, 15) is 14.4 Å². The van der Waals surface area contributed by atoms with Crippen molar-refractivity contribution in [1.82, 2.24) is 10.2 Å². The fourth-order valence-corrected chi connectivity index (χ4v) is 3.41. The highest BCUT2D eigenvalue weighted by molar-refractivity contribution is 5.87. The van der Waals surface area contributed by atoms with Gasteiger partial charge in [-0.05, 0) is 39.2 Å². The average molecular weight is 404 g/mol. The van der Waals surface area contributed by atoms with Gasteiger partial charge >= 0.3 is 12.1 Å². The Morgan fingerprint density at radius 1 is 1.24 bits per heavy atom. The number of rotatable bonds is 5. The second kappa shape index (κ2) is 8.82. The van der Waals surface area contributed by atoms with Crippen molar-refractivity contribution in [2.75, 3.05) is 6.54 Å². The molecule has 1 N–H and O–H groups in total. The Labute approximate surface area is 170 Å². The van der Waals surface area contributed by atoms with Crippen LogP contribution in [0.3, 0.4) is 0 Å². The van der Waals surface area contributed by atoms with E-state index in [0.717, 1.165) is 5.56 Å². The van der Waals surface area contributed by atoms with E-state index in [-0.39, 0.29) is 18.9 Å². The molecule has 8 nitrogen and oxygen atoms in total. The molecule has 1 aromatic rings. The molecule has 2 heterocycles. The molecule has 2 saturated heterocycles. The Bertz CT molecular complexity index is 745. The summed E-state index contributed by atoms with van der Waals surface area (Å²) in [6.45, 7) is 6.07. The van der Waals surface area contributed by atoms with Gasteiger partial charge in [-0.3, -0.25) is 14.5 Å². The highest BCUT2D eigenvalue weighted by Gasteiger charge is 2.41. The van der Waals surface area contributed by atoms with Crippen molar-refractivity contribution < 1.29 is 28.6 Å². The molecule has 0 saturated carbocycles. The van der Waals surface area contributed by atoms with E-state index in [1.165, 1.54) is 4.90 Å². The van der Waals surface area contributed by atoms with Gasteiger partial charge < -0.3 is 19.5 Å². The molecule has 2 unspecified atom stereocenters. The molecule has 158 valence electrons. The first-order valence-corrected chi connectivity index (χ1v) is 9.88. The van der Waals surface area contributed by atoms with Crippen LogP contribution in [0.25, 0.3) is 0 Å². The topological polar surface area (TPSA) is 94.2 Å². The van der Waals surface area contributed by atoms with Crippen molar-refractivity contribution in [2.24, 2.45) is 0 Å². The van der Waals surface area contributed by atoms with Gasteiger partial charge in [0.25, 0.3) is 0 Å². The number of likely N-dealkylation sites (tertiary alicyclic amines) is 1. The monoisotopic (exact) mass is 404 g/mol. The van der Waals surface area contributed by atoms with E-state index in [1.807, 2.05) is 30.3 Å². The summed E-state index contributed by atoms with van der Waals surface area (Å²) < 4.78 is 16.3. The number of carbonyl (C=O) groups excluding carboxylic acids is 3. The summed E-state index contributed by atoms with van der Waals surface area (Å²) >= 11 is 0.